The molecule has 2 N–H and O–H groups in total. The first-order valence-electron chi connectivity index (χ1n) is 6.71. The van der Waals surface area contributed by atoms with Crippen LogP contribution in [-0.2, 0) is 0 Å². The van der Waals surface area contributed by atoms with E-state index in [0.29, 0.717) is 5.75 Å². The number of anilines is 1. The molecule has 0 heterocycles. The van der Waals surface area contributed by atoms with Crippen molar-refractivity contribution in [2.45, 2.75) is 46.0 Å². The first-order chi connectivity index (χ1) is 8.16. The number of hydrogen-bond donors (Lipinski definition) is 2. The van der Waals surface area contributed by atoms with Crippen LogP contribution in [0.4, 0.5) is 5.69 Å². The normalized spacial score (nSPS) is 17.1. The van der Waals surface area contributed by atoms with E-state index in [1.54, 1.807) is 0 Å². The summed E-state index contributed by atoms with van der Waals surface area (Å²) in [4.78, 5) is 0. The van der Waals surface area contributed by atoms with E-state index in [2.05, 4.69) is 5.32 Å². The number of rotatable bonds is 3. The van der Waals surface area contributed by atoms with Crippen molar-refractivity contribution in [3.8, 4) is 5.75 Å². The zero-order valence-electron chi connectivity index (χ0n) is 10.9. The molecule has 2 nitrogen and oxygen atoms in total. The maximum absolute atomic E-state index is 9.61. The van der Waals surface area contributed by atoms with Crippen molar-refractivity contribution in [1.29, 1.82) is 0 Å². The van der Waals surface area contributed by atoms with Gasteiger partial charge in [-0.15, -0.1) is 0 Å². The van der Waals surface area contributed by atoms with Crippen LogP contribution in [0.2, 0.25) is 0 Å². The fourth-order valence-electron chi connectivity index (χ4n) is 2.64. The summed E-state index contributed by atoms with van der Waals surface area (Å²) in [6.45, 7) is 5.06. The minimum absolute atomic E-state index is 0.394. The first kappa shape index (κ1) is 12.3. The highest BCUT2D eigenvalue weighted by atomic mass is 16.3. The molecule has 0 saturated heterocycles. The Balaban J connectivity index is 1.96. The van der Waals surface area contributed by atoms with E-state index in [0.717, 1.165) is 23.6 Å². The summed E-state index contributed by atoms with van der Waals surface area (Å²) in [5, 5.41) is 13.2. The first-order valence-corrected chi connectivity index (χ1v) is 6.71. The SMILES string of the molecule is Cc1cc(NCC2CCCCC2)c(C)cc1O. The monoisotopic (exact) mass is 233 g/mol. The predicted molar refractivity (Wildman–Crippen MR) is 72.6 cm³/mol. The van der Waals surface area contributed by atoms with Gasteiger partial charge in [0.2, 0.25) is 0 Å². The molecular weight excluding hydrogens is 210 g/mol. The average Bonchev–Trinajstić information content (AvgIpc) is 2.33. The molecule has 1 saturated carbocycles. The van der Waals surface area contributed by atoms with Gasteiger partial charge in [0.05, 0.1) is 0 Å². The highest BCUT2D eigenvalue weighted by molar-refractivity contribution is 5.56. The standard InChI is InChI=1S/C15H23NO/c1-11-9-15(17)12(2)8-14(11)16-10-13-6-4-3-5-7-13/h8-9,13,16-17H,3-7,10H2,1-2H3. The van der Waals surface area contributed by atoms with Crippen LogP contribution in [0, 0.1) is 19.8 Å². The van der Waals surface area contributed by atoms with Gasteiger partial charge in [-0.25, -0.2) is 0 Å². The fourth-order valence-corrected chi connectivity index (χ4v) is 2.64. The lowest BCUT2D eigenvalue weighted by Crippen LogP contribution is -2.17. The molecule has 0 spiro atoms. The summed E-state index contributed by atoms with van der Waals surface area (Å²) in [6.07, 6.45) is 6.92. The van der Waals surface area contributed by atoms with Gasteiger partial charge < -0.3 is 10.4 Å². The molecule has 0 unspecified atom stereocenters. The van der Waals surface area contributed by atoms with Crippen LogP contribution in [0.1, 0.15) is 43.2 Å². The second kappa shape index (κ2) is 5.44. The molecule has 1 fully saturated rings. The highest BCUT2D eigenvalue weighted by Gasteiger charge is 2.13. The summed E-state index contributed by atoms with van der Waals surface area (Å²) in [6, 6.07) is 3.89. The minimum Gasteiger partial charge on any atom is -0.508 e. The van der Waals surface area contributed by atoms with Crippen LogP contribution in [0.5, 0.6) is 5.75 Å². The molecule has 1 aliphatic rings. The largest absolute Gasteiger partial charge is 0.508 e. The van der Waals surface area contributed by atoms with E-state index < -0.39 is 0 Å². The van der Waals surface area contributed by atoms with Crippen LogP contribution in [0.25, 0.3) is 0 Å². The Morgan fingerprint density at radius 3 is 2.53 bits per heavy atom. The molecule has 1 aliphatic carbocycles. The van der Waals surface area contributed by atoms with Gasteiger partial charge in [-0.2, -0.15) is 0 Å². The zero-order valence-corrected chi connectivity index (χ0v) is 10.9. The molecular formula is C15H23NO. The molecule has 2 rings (SSSR count). The highest BCUT2D eigenvalue weighted by Crippen LogP contribution is 2.27. The molecule has 0 amide bonds. The smallest absolute Gasteiger partial charge is 0.118 e. The van der Waals surface area contributed by atoms with Gasteiger partial charge in [0.1, 0.15) is 5.75 Å². The molecule has 1 aromatic carbocycles. The molecule has 0 radical (unpaired) electrons. The Morgan fingerprint density at radius 2 is 1.82 bits per heavy atom. The van der Waals surface area contributed by atoms with E-state index >= 15 is 0 Å². The minimum atomic E-state index is 0.394. The Hall–Kier alpha value is -1.18. The molecule has 17 heavy (non-hydrogen) atoms. The van der Waals surface area contributed by atoms with E-state index in [9.17, 15) is 5.11 Å². The van der Waals surface area contributed by atoms with Crippen molar-refractivity contribution < 1.29 is 5.11 Å². The van der Waals surface area contributed by atoms with Crippen LogP contribution < -0.4 is 5.32 Å². The summed E-state index contributed by atoms with van der Waals surface area (Å²) in [5.74, 6) is 1.22. The van der Waals surface area contributed by atoms with Crippen molar-refractivity contribution in [3.63, 3.8) is 0 Å². The molecule has 0 bridgehead atoms. The van der Waals surface area contributed by atoms with Gasteiger partial charge in [-0.05, 0) is 55.9 Å². The third-order valence-corrected chi connectivity index (χ3v) is 3.85. The number of phenolic OH excluding ortho intramolecular Hbond substituents is 1. The van der Waals surface area contributed by atoms with Crippen molar-refractivity contribution >= 4 is 5.69 Å². The zero-order chi connectivity index (χ0) is 12.3. The fraction of sp³-hybridized carbons (Fsp3) is 0.600. The maximum Gasteiger partial charge on any atom is 0.118 e. The lowest BCUT2D eigenvalue weighted by atomic mass is 9.89. The van der Waals surface area contributed by atoms with Gasteiger partial charge in [-0.3, -0.25) is 0 Å². The maximum atomic E-state index is 9.61. The van der Waals surface area contributed by atoms with E-state index in [4.69, 9.17) is 0 Å². The number of aryl methyl sites for hydroxylation is 2. The molecule has 0 atom stereocenters. The predicted octanol–water partition coefficient (Wildman–Crippen LogP) is 4.00. The van der Waals surface area contributed by atoms with Gasteiger partial charge in [0, 0.05) is 12.2 Å². The average molecular weight is 233 g/mol. The second-order valence-corrected chi connectivity index (χ2v) is 5.34. The number of nitrogens with one attached hydrogen (secondary N) is 1. The van der Waals surface area contributed by atoms with Crippen molar-refractivity contribution in [2.75, 3.05) is 11.9 Å². The second-order valence-electron chi connectivity index (χ2n) is 5.34. The molecule has 1 aromatic rings. The van der Waals surface area contributed by atoms with Crippen LogP contribution >= 0.6 is 0 Å². The third kappa shape index (κ3) is 3.15. The van der Waals surface area contributed by atoms with Gasteiger partial charge in [-0.1, -0.05) is 19.3 Å². The van der Waals surface area contributed by atoms with Crippen LogP contribution in [0.15, 0.2) is 12.1 Å². The quantitative estimate of drug-likeness (QED) is 0.773. The number of benzene rings is 1. The van der Waals surface area contributed by atoms with E-state index in [1.165, 1.54) is 37.8 Å². The summed E-state index contributed by atoms with van der Waals surface area (Å²) < 4.78 is 0. The lowest BCUT2D eigenvalue weighted by Gasteiger charge is -2.23. The number of phenols is 1. The van der Waals surface area contributed by atoms with Gasteiger partial charge in [0.25, 0.3) is 0 Å². The van der Waals surface area contributed by atoms with Crippen molar-refractivity contribution in [2.24, 2.45) is 5.92 Å². The van der Waals surface area contributed by atoms with Crippen LogP contribution in [0.3, 0.4) is 0 Å². The summed E-state index contributed by atoms with van der Waals surface area (Å²) in [5.41, 5.74) is 3.25. The number of aromatic hydroxyl groups is 1. The Kier molecular flexibility index (Phi) is 3.93. The molecule has 0 aliphatic heterocycles. The van der Waals surface area contributed by atoms with Crippen LogP contribution in [-0.4, -0.2) is 11.7 Å². The summed E-state index contributed by atoms with van der Waals surface area (Å²) in [7, 11) is 0. The Labute approximate surface area is 104 Å². The Bertz CT molecular complexity index is 381. The van der Waals surface area contributed by atoms with Crippen molar-refractivity contribution in [1.82, 2.24) is 0 Å². The van der Waals surface area contributed by atoms with Crippen molar-refractivity contribution in [3.05, 3.63) is 23.3 Å². The topological polar surface area (TPSA) is 32.3 Å². The van der Waals surface area contributed by atoms with E-state index in [-0.39, 0.29) is 0 Å². The molecule has 2 heteroatoms. The summed E-state index contributed by atoms with van der Waals surface area (Å²) >= 11 is 0. The molecule has 94 valence electrons. The molecule has 0 aromatic heterocycles. The Morgan fingerprint density at radius 1 is 1.12 bits per heavy atom. The van der Waals surface area contributed by atoms with Gasteiger partial charge in [0.15, 0.2) is 0 Å². The number of hydrogen-bond acceptors (Lipinski definition) is 2. The van der Waals surface area contributed by atoms with Gasteiger partial charge >= 0.3 is 0 Å². The lowest BCUT2D eigenvalue weighted by molar-refractivity contribution is 0.373. The van der Waals surface area contributed by atoms with E-state index in [1.807, 2.05) is 26.0 Å². The third-order valence-electron chi connectivity index (χ3n) is 3.85.